The zero-order valence-electron chi connectivity index (χ0n) is 14.7. The van der Waals surface area contributed by atoms with Crippen LogP contribution in [0, 0.1) is 6.92 Å². The van der Waals surface area contributed by atoms with E-state index in [2.05, 4.69) is 34.7 Å². The molecule has 2 aromatic carbocycles. The Kier molecular flexibility index (Phi) is 5.54. The summed E-state index contributed by atoms with van der Waals surface area (Å²) in [5.74, 6) is -0.216. The number of hydrogen-bond acceptors (Lipinski definition) is 3. The van der Waals surface area contributed by atoms with Crippen molar-refractivity contribution in [2.45, 2.75) is 19.9 Å². The molecule has 1 heterocycles. The third-order valence-electron chi connectivity index (χ3n) is 4.07. The summed E-state index contributed by atoms with van der Waals surface area (Å²) in [5, 5.41) is 6.78. The highest BCUT2D eigenvalue weighted by molar-refractivity contribution is 6.33. The average Bonchev–Trinajstić information content (AvgIpc) is 2.65. The molecule has 3 aromatic rings. The van der Waals surface area contributed by atoms with Crippen molar-refractivity contribution >= 4 is 28.9 Å². The van der Waals surface area contributed by atoms with Gasteiger partial charge in [0.2, 0.25) is 0 Å². The minimum atomic E-state index is -0.216. The monoisotopic (exact) mass is 365 g/mol. The van der Waals surface area contributed by atoms with E-state index in [9.17, 15) is 4.79 Å². The van der Waals surface area contributed by atoms with E-state index in [1.165, 1.54) is 5.56 Å². The van der Waals surface area contributed by atoms with Crippen molar-refractivity contribution in [3.8, 4) is 0 Å². The van der Waals surface area contributed by atoms with Gasteiger partial charge in [-0.15, -0.1) is 0 Å². The van der Waals surface area contributed by atoms with Gasteiger partial charge in [-0.1, -0.05) is 41.9 Å². The van der Waals surface area contributed by atoms with E-state index in [0.29, 0.717) is 16.3 Å². The first kappa shape index (κ1) is 18.0. The predicted molar refractivity (Wildman–Crippen MR) is 107 cm³/mol. The van der Waals surface area contributed by atoms with Crippen molar-refractivity contribution in [1.29, 1.82) is 0 Å². The molecule has 132 valence electrons. The average molecular weight is 366 g/mol. The second kappa shape index (κ2) is 8.02. The summed E-state index contributed by atoms with van der Waals surface area (Å²) in [6.07, 6.45) is 1.56. The third kappa shape index (κ3) is 4.41. The number of carbonyl (C=O) groups is 1. The molecular weight excluding hydrogens is 346 g/mol. The molecule has 1 atom stereocenters. The largest absolute Gasteiger partial charge is 0.377 e. The molecule has 1 aromatic heterocycles. The molecule has 0 spiro atoms. The molecule has 4 nitrogen and oxygen atoms in total. The number of halogens is 1. The highest BCUT2D eigenvalue weighted by Crippen LogP contribution is 2.29. The number of anilines is 2. The van der Waals surface area contributed by atoms with Crippen LogP contribution in [0.3, 0.4) is 0 Å². The molecular formula is C21H20ClN3O. The molecule has 0 unspecified atom stereocenters. The van der Waals surface area contributed by atoms with Crippen LogP contribution in [0.4, 0.5) is 11.4 Å². The van der Waals surface area contributed by atoms with Crippen LogP contribution in [0.15, 0.2) is 66.9 Å². The molecule has 0 bridgehead atoms. The molecule has 0 aliphatic rings. The number of aromatic nitrogens is 1. The van der Waals surface area contributed by atoms with E-state index in [1.807, 2.05) is 37.3 Å². The van der Waals surface area contributed by atoms with Crippen molar-refractivity contribution in [1.82, 2.24) is 4.98 Å². The lowest BCUT2D eigenvalue weighted by molar-refractivity contribution is 0.102. The summed E-state index contributed by atoms with van der Waals surface area (Å²) in [6.45, 7) is 3.95. The number of hydrogen-bond donors (Lipinski definition) is 2. The second-order valence-corrected chi connectivity index (χ2v) is 6.52. The van der Waals surface area contributed by atoms with Gasteiger partial charge in [0.05, 0.1) is 16.3 Å². The maximum atomic E-state index is 12.3. The van der Waals surface area contributed by atoms with Crippen LogP contribution in [-0.2, 0) is 0 Å². The lowest BCUT2D eigenvalue weighted by atomic mass is 10.1. The Hall–Kier alpha value is -2.85. The Morgan fingerprint density at radius 2 is 1.85 bits per heavy atom. The maximum absolute atomic E-state index is 12.3. The fourth-order valence-corrected chi connectivity index (χ4v) is 2.81. The smallest absolute Gasteiger partial charge is 0.257 e. The predicted octanol–water partition coefficient (Wildman–Crippen LogP) is 5.47. The van der Waals surface area contributed by atoms with E-state index in [4.69, 9.17) is 11.6 Å². The number of nitrogens with zero attached hydrogens (tertiary/aromatic N) is 1. The minimum Gasteiger partial charge on any atom is -0.377 e. The fourth-order valence-electron chi connectivity index (χ4n) is 2.57. The zero-order chi connectivity index (χ0) is 18.5. The number of aryl methyl sites for hydroxylation is 1. The highest BCUT2D eigenvalue weighted by atomic mass is 35.5. The number of nitrogens with one attached hydrogen (secondary N) is 2. The van der Waals surface area contributed by atoms with Crippen molar-refractivity contribution < 1.29 is 4.79 Å². The van der Waals surface area contributed by atoms with E-state index >= 15 is 0 Å². The van der Waals surface area contributed by atoms with Crippen LogP contribution < -0.4 is 10.6 Å². The normalized spacial score (nSPS) is 11.7. The molecule has 0 aliphatic heterocycles. The lowest BCUT2D eigenvalue weighted by Gasteiger charge is -2.17. The second-order valence-electron chi connectivity index (χ2n) is 6.11. The highest BCUT2D eigenvalue weighted by Gasteiger charge is 2.10. The van der Waals surface area contributed by atoms with Gasteiger partial charge in [0.25, 0.3) is 5.91 Å². The van der Waals surface area contributed by atoms with Crippen molar-refractivity contribution in [2.24, 2.45) is 0 Å². The van der Waals surface area contributed by atoms with E-state index < -0.39 is 0 Å². The molecule has 2 N–H and O–H groups in total. The maximum Gasteiger partial charge on any atom is 0.257 e. The number of benzene rings is 2. The van der Waals surface area contributed by atoms with Crippen molar-refractivity contribution in [3.63, 3.8) is 0 Å². The van der Waals surface area contributed by atoms with Crippen LogP contribution in [0.2, 0.25) is 5.02 Å². The molecule has 0 saturated carbocycles. The van der Waals surface area contributed by atoms with Gasteiger partial charge < -0.3 is 10.6 Å². The van der Waals surface area contributed by atoms with Gasteiger partial charge in [-0.25, -0.2) is 0 Å². The molecule has 1 amide bonds. The van der Waals surface area contributed by atoms with Gasteiger partial charge in [-0.3, -0.25) is 9.78 Å². The van der Waals surface area contributed by atoms with Crippen LogP contribution in [-0.4, -0.2) is 10.9 Å². The number of amides is 1. The van der Waals surface area contributed by atoms with Crippen LogP contribution in [0.25, 0.3) is 0 Å². The molecule has 0 aliphatic carbocycles. The van der Waals surface area contributed by atoms with Gasteiger partial charge in [0, 0.05) is 23.6 Å². The van der Waals surface area contributed by atoms with Crippen LogP contribution >= 0.6 is 11.6 Å². The summed E-state index contributed by atoms with van der Waals surface area (Å²) < 4.78 is 0. The number of pyridine rings is 1. The third-order valence-corrected chi connectivity index (χ3v) is 4.38. The Morgan fingerprint density at radius 1 is 1.08 bits per heavy atom. The summed E-state index contributed by atoms with van der Waals surface area (Å²) in [5.41, 5.74) is 4.00. The van der Waals surface area contributed by atoms with Gasteiger partial charge in [0.1, 0.15) is 0 Å². The standard InChI is InChI=1S/C21H20ClN3O/c1-14-8-9-17(13-23-14)21(26)25-18-10-11-20(19(22)12-18)24-15(2)16-6-4-3-5-7-16/h3-13,15,24H,1-2H3,(H,25,26)/t15-/m1/s1. The van der Waals surface area contributed by atoms with Gasteiger partial charge in [0.15, 0.2) is 0 Å². The first-order valence-corrected chi connectivity index (χ1v) is 8.76. The van der Waals surface area contributed by atoms with E-state index in [0.717, 1.165) is 11.4 Å². The Morgan fingerprint density at radius 3 is 2.50 bits per heavy atom. The molecule has 0 fully saturated rings. The first-order chi connectivity index (χ1) is 12.5. The number of rotatable bonds is 5. The Labute approximate surface area is 158 Å². The molecule has 0 radical (unpaired) electrons. The SMILES string of the molecule is Cc1ccc(C(=O)Nc2ccc(N[C@H](C)c3ccccc3)c(Cl)c2)cn1. The molecule has 5 heteroatoms. The summed E-state index contributed by atoms with van der Waals surface area (Å²) in [4.78, 5) is 16.4. The quantitative estimate of drug-likeness (QED) is 0.630. The summed E-state index contributed by atoms with van der Waals surface area (Å²) in [7, 11) is 0. The Bertz CT molecular complexity index is 895. The zero-order valence-corrected chi connectivity index (χ0v) is 15.4. The molecule has 3 rings (SSSR count). The van der Waals surface area contributed by atoms with E-state index in [-0.39, 0.29) is 11.9 Å². The topological polar surface area (TPSA) is 54.0 Å². The summed E-state index contributed by atoms with van der Waals surface area (Å²) >= 11 is 6.39. The fraction of sp³-hybridized carbons (Fsp3) is 0.143. The molecule has 26 heavy (non-hydrogen) atoms. The van der Waals surface area contributed by atoms with E-state index in [1.54, 1.807) is 24.4 Å². The molecule has 0 saturated heterocycles. The van der Waals surface area contributed by atoms with Crippen molar-refractivity contribution in [2.75, 3.05) is 10.6 Å². The van der Waals surface area contributed by atoms with Crippen LogP contribution in [0.1, 0.15) is 34.6 Å². The van der Waals surface area contributed by atoms with Gasteiger partial charge >= 0.3 is 0 Å². The minimum absolute atomic E-state index is 0.118. The van der Waals surface area contributed by atoms with Gasteiger partial charge in [-0.2, -0.15) is 0 Å². The summed E-state index contributed by atoms with van der Waals surface area (Å²) in [6, 6.07) is 19.2. The van der Waals surface area contributed by atoms with Crippen LogP contribution in [0.5, 0.6) is 0 Å². The first-order valence-electron chi connectivity index (χ1n) is 8.38. The van der Waals surface area contributed by atoms with Gasteiger partial charge in [-0.05, 0) is 49.7 Å². The lowest BCUT2D eigenvalue weighted by Crippen LogP contribution is -2.12. The number of carbonyl (C=O) groups excluding carboxylic acids is 1. The van der Waals surface area contributed by atoms with Crippen molar-refractivity contribution in [3.05, 3.63) is 88.7 Å². The Balaban J connectivity index is 1.69.